The van der Waals surface area contributed by atoms with Crippen LogP contribution in [0.2, 0.25) is 0 Å². The molecule has 1 aliphatic rings. The molecule has 1 saturated heterocycles. The Morgan fingerprint density at radius 1 is 1.38 bits per heavy atom. The van der Waals surface area contributed by atoms with E-state index in [9.17, 15) is 4.79 Å². The van der Waals surface area contributed by atoms with Crippen molar-refractivity contribution in [2.75, 3.05) is 32.7 Å². The SMILES string of the molecule is CCN1CCCN(CCCN)C1=O. The molecule has 1 heterocycles. The number of amides is 2. The van der Waals surface area contributed by atoms with Gasteiger partial charge in [-0.15, -0.1) is 0 Å². The van der Waals surface area contributed by atoms with Crippen LogP contribution >= 0.6 is 0 Å². The number of rotatable bonds is 4. The minimum absolute atomic E-state index is 0.183. The Kier molecular flexibility index (Phi) is 4.02. The molecule has 1 aliphatic heterocycles. The molecule has 13 heavy (non-hydrogen) atoms. The summed E-state index contributed by atoms with van der Waals surface area (Å²) in [5.74, 6) is 0. The minimum Gasteiger partial charge on any atom is -0.330 e. The largest absolute Gasteiger partial charge is 0.330 e. The van der Waals surface area contributed by atoms with Crippen molar-refractivity contribution in [1.82, 2.24) is 9.80 Å². The van der Waals surface area contributed by atoms with Crippen LogP contribution in [0, 0.1) is 0 Å². The van der Waals surface area contributed by atoms with E-state index in [4.69, 9.17) is 5.73 Å². The van der Waals surface area contributed by atoms with E-state index in [1.165, 1.54) is 0 Å². The van der Waals surface area contributed by atoms with Crippen molar-refractivity contribution in [2.45, 2.75) is 19.8 Å². The average molecular weight is 185 g/mol. The number of nitrogens with zero attached hydrogens (tertiary/aromatic N) is 2. The highest BCUT2D eigenvalue weighted by Gasteiger charge is 2.23. The Hall–Kier alpha value is -0.770. The molecule has 0 aromatic rings. The normalized spacial score (nSPS) is 18.2. The fraction of sp³-hybridized carbons (Fsp3) is 0.889. The van der Waals surface area contributed by atoms with Crippen molar-refractivity contribution in [1.29, 1.82) is 0 Å². The van der Waals surface area contributed by atoms with Crippen molar-refractivity contribution in [3.05, 3.63) is 0 Å². The van der Waals surface area contributed by atoms with Crippen molar-refractivity contribution < 1.29 is 4.79 Å². The summed E-state index contributed by atoms with van der Waals surface area (Å²) in [5, 5.41) is 0. The highest BCUT2D eigenvalue weighted by atomic mass is 16.2. The molecule has 4 heteroatoms. The van der Waals surface area contributed by atoms with Gasteiger partial charge in [-0.1, -0.05) is 0 Å². The van der Waals surface area contributed by atoms with Crippen LogP contribution < -0.4 is 5.73 Å². The zero-order valence-electron chi connectivity index (χ0n) is 8.33. The van der Waals surface area contributed by atoms with E-state index in [0.29, 0.717) is 6.54 Å². The predicted molar refractivity (Wildman–Crippen MR) is 52.5 cm³/mol. The molecule has 0 saturated carbocycles. The summed E-state index contributed by atoms with van der Waals surface area (Å²) in [6.07, 6.45) is 1.99. The Morgan fingerprint density at radius 2 is 2.08 bits per heavy atom. The van der Waals surface area contributed by atoms with Crippen molar-refractivity contribution in [3.63, 3.8) is 0 Å². The second-order valence-electron chi connectivity index (χ2n) is 3.35. The summed E-state index contributed by atoms with van der Waals surface area (Å²) in [6, 6.07) is 0.183. The van der Waals surface area contributed by atoms with Gasteiger partial charge < -0.3 is 15.5 Å². The third-order valence-electron chi connectivity index (χ3n) is 2.41. The van der Waals surface area contributed by atoms with Crippen LogP contribution in [0.3, 0.4) is 0 Å². The smallest absolute Gasteiger partial charge is 0.319 e. The first-order chi connectivity index (χ1) is 6.29. The number of hydrogen-bond donors (Lipinski definition) is 1. The van der Waals surface area contributed by atoms with E-state index in [1.807, 2.05) is 16.7 Å². The van der Waals surface area contributed by atoms with E-state index in [-0.39, 0.29) is 6.03 Å². The monoisotopic (exact) mass is 185 g/mol. The van der Waals surface area contributed by atoms with E-state index in [0.717, 1.165) is 39.0 Å². The highest BCUT2D eigenvalue weighted by molar-refractivity contribution is 5.75. The third-order valence-corrected chi connectivity index (χ3v) is 2.41. The van der Waals surface area contributed by atoms with Gasteiger partial charge in [0.25, 0.3) is 0 Å². The van der Waals surface area contributed by atoms with Gasteiger partial charge in [0.2, 0.25) is 0 Å². The lowest BCUT2D eigenvalue weighted by atomic mass is 10.2. The van der Waals surface area contributed by atoms with Gasteiger partial charge >= 0.3 is 6.03 Å². The number of urea groups is 1. The first-order valence-electron chi connectivity index (χ1n) is 5.03. The zero-order valence-corrected chi connectivity index (χ0v) is 8.33. The first kappa shape index (κ1) is 10.3. The maximum Gasteiger partial charge on any atom is 0.319 e. The summed E-state index contributed by atoms with van der Waals surface area (Å²) >= 11 is 0. The van der Waals surface area contributed by atoms with E-state index >= 15 is 0 Å². The molecular weight excluding hydrogens is 166 g/mol. The van der Waals surface area contributed by atoms with Gasteiger partial charge in [0.05, 0.1) is 0 Å². The van der Waals surface area contributed by atoms with Crippen LogP contribution in [-0.2, 0) is 0 Å². The summed E-state index contributed by atoms with van der Waals surface area (Å²) in [4.78, 5) is 15.5. The summed E-state index contributed by atoms with van der Waals surface area (Å²) < 4.78 is 0. The number of carbonyl (C=O) groups excluding carboxylic acids is 1. The molecule has 0 unspecified atom stereocenters. The average Bonchev–Trinajstić information content (AvgIpc) is 2.16. The third kappa shape index (κ3) is 2.59. The van der Waals surface area contributed by atoms with Gasteiger partial charge in [0.1, 0.15) is 0 Å². The first-order valence-corrected chi connectivity index (χ1v) is 5.03. The molecule has 1 fully saturated rings. The quantitative estimate of drug-likeness (QED) is 0.692. The molecule has 0 aromatic carbocycles. The van der Waals surface area contributed by atoms with Crippen LogP contribution in [-0.4, -0.2) is 48.6 Å². The Morgan fingerprint density at radius 3 is 2.69 bits per heavy atom. The summed E-state index contributed by atoms with van der Waals surface area (Å²) in [6.45, 7) is 6.12. The van der Waals surface area contributed by atoms with Gasteiger partial charge in [-0.2, -0.15) is 0 Å². The predicted octanol–water partition coefficient (Wildman–Crippen LogP) is 0.483. The topological polar surface area (TPSA) is 49.6 Å². The maximum atomic E-state index is 11.7. The number of nitrogens with two attached hydrogens (primary N) is 1. The van der Waals surface area contributed by atoms with Gasteiger partial charge in [0.15, 0.2) is 0 Å². The number of carbonyl (C=O) groups is 1. The van der Waals surface area contributed by atoms with E-state index in [2.05, 4.69) is 0 Å². The lowest BCUT2D eigenvalue weighted by Gasteiger charge is -2.34. The molecule has 0 aliphatic carbocycles. The molecule has 76 valence electrons. The molecular formula is C9H19N3O. The van der Waals surface area contributed by atoms with Crippen LogP contribution in [0.25, 0.3) is 0 Å². The van der Waals surface area contributed by atoms with Crippen LogP contribution in [0.5, 0.6) is 0 Å². The Labute approximate surface area is 79.7 Å². The number of hydrogen-bond acceptors (Lipinski definition) is 2. The summed E-state index contributed by atoms with van der Waals surface area (Å²) in [5.41, 5.74) is 5.41. The summed E-state index contributed by atoms with van der Waals surface area (Å²) in [7, 11) is 0. The molecule has 0 spiro atoms. The Balaban J connectivity index is 2.40. The molecule has 0 aromatic heterocycles. The van der Waals surface area contributed by atoms with Crippen molar-refractivity contribution >= 4 is 6.03 Å². The molecule has 0 radical (unpaired) electrons. The molecule has 2 amide bonds. The maximum absolute atomic E-state index is 11.7. The van der Waals surface area contributed by atoms with Gasteiger partial charge in [0, 0.05) is 26.2 Å². The lowest BCUT2D eigenvalue weighted by Crippen LogP contribution is -2.49. The van der Waals surface area contributed by atoms with Crippen LogP contribution in [0.1, 0.15) is 19.8 Å². The Bertz CT molecular complexity index is 172. The second-order valence-corrected chi connectivity index (χ2v) is 3.35. The van der Waals surface area contributed by atoms with Crippen LogP contribution in [0.4, 0.5) is 4.79 Å². The van der Waals surface area contributed by atoms with E-state index < -0.39 is 0 Å². The molecule has 0 atom stereocenters. The van der Waals surface area contributed by atoms with E-state index in [1.54, 1.807) is 0 Å². The van der Waals surface area contributed by atoms with Crippen molar-refractivity contribution in [3.8, 4) is 0 Å². The fourth-order valence-corrected chi connectivity index (χ4v) is 1.63. The standard InChI is InChI=1S/C9H19N3O/c1-2-11-7-4-8-12(9(11)13)6-3-5-10/h2-8,10H2,1H3. The molecule has 4 nitrogen and oxygen atoms in total. The fourth-order valence-electron chi connectivity index (χ4n) is 1.63. The van der Waals surface area contributed by atoms with Gasteiger partial charge in [-0.05, 0) is 26.3 Å². The zero-order chi connectivity index (χ0) is 9.68. The second kappa shape index (κ2) is 5.07. The van der Waals surface area contributed by atoms with Gasteiger partial charge in [-0.3, -0.25) is 0 Å². The molecule has 2 N–H and O–H groups in total. The lowest BCUT2D eigenvalue weighted by molar-refractivity contribution is 0.132. The molecule has 1 rings (SSSR count). The highest BCUT2D eigenvalue weighted by Crippen LogP contribution is 2.08. The minimum atomic E-state index is 0.183. The van der Waals surface area contributed by atoms with Crippen molar-refractivity contribution in [2.24, 2.45) is 5.73 Å². The molecule has 0 bridgehead atoms. The van der Waals surface area contributed by atoms with Crippen LogP contribution in [0.15, 0.2) is 0 Å². The van der Waals surface area contributed by atoms with Gasteiger partial charge in [-0.25, -0.2) is 4.79 Å².